The van der Waals surface area contributed by atoms with Gasteiger partial charge in [0.05, 0.1) is 5.92 Å². The van der Waals surface area contributed by atoms with Gasteiger partial charge >= 0.3 is 5.97 Å². The van der Waals surface area contributed by atoms with Gasteiger partial charge in [0.25, 0.3) is 0 Å². The van der Waals surface area contributed by atoms with Crippen molar-refractivity contribution in [1.29, 1.82) is 0 Å². The number of nitrogens with one attached hydrogen (secondary N) is 1. The Morgan fingerprint density at radius 3 is 2.45 bits per heavy atom. The number of hydrogen-bond acceptors (Lipinski definition) is 2. The molecular weight excluding hydrogens is 254 g/mol. The van der Waals surface area contributed by atoms with Crippen LogP contribution < -0.4 is 5.32 Å². The number of amides is 1. The van der Waals surface area contributed by atoms with Crippen LogP contribution in [0, 0.1) is 0 Å². The highest BCUT2D eigenvalue weighted by molar-refractivity contribution is 5.83. The summed E-state index contributed by atoms with van der Waals surface area (Å²) in [6, 6.07) is 9.72. The number of carboxylic acid groups (broad SMARTS) is 1. The van der Waals surface area contributed by atoms with Gasteiger partial charge < -0.3 is 10.4 Å². The second-order valence-electron chi connectivity index (χ2n) is 5.07. The van der Waals surface area contributed by atoms with Crippen molar-refractivity contribution in [2.45, 2.75) is 51.5 Å². The zero-order chi connectivity index (χ0) is 15.0. The third-order valence-corrected chi connectivity index (χ3v) is 3.34. The maximum atomic E-state index is 12.3. The Labute approximate surface area is 120 Å². The van der Waals surface area contributed by atoms with Gasteiger partial charge in [0, 0.05) is 12.5 Å². The lowest BCUT2D eigenvalue weighted by Crippen LogP contribution is -2.36. The standard InChI is InChI=1S/C16H23NO3/c1-3-14(13-9-5-4-6-10-13)16(20)17-12(2)8-7-11-15(18)19/h4-6,9-10,12,14H,3,7-8,11H2,1-2H3,(H,17,20)(H,18,19). The molecule has 1 rings (SSSR count). The molecule has 2 N–H and O–H groups in total. The highest BCUT2D eigenvalue weighted by Crippen LogP contribution is 2.19. The summed E-state index contributed by atoms with van der Waals surface area (Å²) in [5.74, 6) is -0.918. The quantitative estimate of drug-likeness (QED) is 0.767. The van der Waals surface area contributed by atoms with E-state index in [9.17, 15) is 9.59 Å². The molecule has 1 aromatic rings. The second kappa shape index (κ2) is 8.35. The third kappa shape index (κ3) is 5.43. The third-order valence-electron chi connectivity index (χ3n) is 3.34. The molecule has 4 nitrogen and oxygen atoms in total. The predicted octanol–water partition coefficient (Wildman–Crippen LogP) is 2.94. The van der Waals surface area contributed by atoms with Crippen LogP contribution in [0.3, 0.4) is 0 Å². The average molecular weight is 277 g/mol. The molecule has 1 aromatic carbocycles. The zero-order valence-electron chi connectivity index (χ0n) is 12.1. The van der Waals surface area contributed by atoms with Crippen LogP contribution in [0.4, 0.5) is 0 Å². The smallest absolute Gasteiger partial charge is 0.303 e. The molecule has 0 radical (unpaired) electrons. The molecule has 0 saturated carbocycles. The van der Waals surface area contributed by atoms with Crippen molar-refractivity contribution in [3.05, 3.63) is 35.9 Å². The van der Waals surface area contributed by atoms with Gasteiger partial charge in [0.15, 0.2) is 0 Å². The van der Waals surface area contributed by atoms with Gasteiger partial charge in [-0.15, -0.1) is 0 Å². The van der Waals surface area contributed by atoms with Gasteiger partial charge in [0.1, 0.15) is 0 Å². The van der Waals surface area contributed by atoms with E-state index in [0.29, 0.717) is 12.8 Å². The SMILES string of the molecule is CCC(C(=O)NC(C)CCCC(=O)O)c1ccccc1. The van der Waals surface area contributed by atoms with E-state index in [2.05, 4.69) is 5.32 Å². The Kier molecular flexibility index (Phi) is 6.77. The van der Waals surface area contributed by atoms with Crippen molar-refractivity contribution in [2.24, 2.45) is 0 Å². The average Bonchev–Trinajstić information content (AvgIpc) is 2.40. The van der Waals surface area contributed by atoms with Crippen LogP contribution in [0.15, 0.2) is 30.3 Å². The highest BCUT2D eigenvalue weighted by atomic mass is 16.4. The summed E-state index contributed by atoms with van der Waals surface area (Å²) >= 11 is 0. The van der Waals surface area contributed by atoms with E-state index in [1.807, 2.05) is 44.2 Å². The molecule has 0 aliphatic rings. The summed E-state index contributed by atoms with van der Waals surface area (Å²) in [4.78, 5) is 22.7. The van der Waals surface area contributed by atoms with Crippen LogP contribution in [0.5, 0.6) is 0 Å². The van der Waals surface area contributed by atoms with Gasteiger partial charge in [-0.25, -0.2) is 0 Å². The number of carboxylic acids is 1. The number of carbonyl (C=O) groups is 2. The fraction of sp³-hybridized carbons (Fsp3) is 0.500. The first kappa shape index (κ1) is 16.2. The first-order valence-electron chi connectivity index (χ1n) is 7.11. The minimum absolute atomic E-state index is 0.000359. The van der Waals surface area contributed by atoms with Crippen LogP contribution >= 0.6 is 0 Å². The molecular formula is C16H23NO3. The molecule has 0 fully saturated rings. The fourth-order valence-electron chi connectivity index (χ4n) is 2.23. The Morgan fingerprint density at radius 2 is 1.90 bits per heavy atom. The second-order valence-corrected chi connectivity index (χ2v) is 5.07. The van der Waals surface area contributed by atoms with Gasteiger partial charge in [-0.05, 0) is 31.7 Å². The summed E-state index contributed by atoms with van der Waals surface area (Å²) in [6.45, 7) is 3.91. The first-order chi connectivity index (χ1) is 9.54. The number of carbonyl (C=O) groups excluding carboxylic acids is 1. The molecule has 0 aliphatic carbocycles. The maximum absolute atomic E-state index is 12.3. The van der Waals surface area contributed by atoms with Crippen molar-refractivity contribution in [3.8, 4) is 0 Å². The largest absolute Gasteiger partial charge is 0.481 e. The zero-order valence-corrected chi connectivity index (χ0v) is 12.1. The first-order valence-corrected chi connectivity index (χ1v) is 7.11. The minimum Gasteiger partial charge on any atom is -0.481 e. The summed E-state index contributed by atoms with van der Waals surface area (Å²) in [7, 11) is 0. The molecule has 0 aliphatic heterocycles. The van der Waals surface area contributed by atoms with Crippen molar-refractivity contribution in [2.75, 3.05) is 0 Å². The molecule has 110 valence electrons. The van der Waals surface area contributed by atoms with Crippen molar-refractivity contribution in [3.63, 3.8) is 0 Å². The maximum Gasteiger partial charge on any atom is 0.303 e. The summed E-state index contributed by atoms with van der Waals surface area (Å²) in [5.41, 5.74) is 1.02. The van der Waals surface area contributed by atoms with Gasteiger partial charge in [-0.2, -0.15) is 0 Å². The molecule has 1 amide bonds. The molecule has 0 spiro atoms. The molecule has 2 atom stereocenters. The monoisotopic (exact) mass is 277 g/mol. The fourth-order valence-corrected chi connectivity index (χ4v) is 2.23. The lowest BCUT2D eigenvalue weighted by molar-refractivity contribution is -0.137. The number of hydrogen-bond donors (Lipinski definition) is 2. The summed E-state index contributed by atoms with van der Waals surface area (Å²) < 4.78 is 0. The van der Waals surface area contributed by atoms with Crippen molar-refractivity contribution >= 4 is 11.9 Å². The molecule has 0 aromatic heterocycles. The molecule has 4 heteroatoms. The minimum atomic E-state index is -0.792. The summed E-state index contributed by atoms with van der Waals surface area (Å²) in [6.07, 6.45) is 2.16. The molecule has 2 unspecified atom stereocenters. The van der Waals surface area contributed by atoms with Gasteiger partial charge in [-0.1, -0.05) is 37.3 Å². The Morgan fingerprint density at radius 1 is 1.25 bits per heavy atom. The molecule has 0 heterocycles. The van der Waals surface area contributed by atoms with Gasteiger partial charge in [0.2, 0.25) is 5.91 Å². The number of benzene rings is 1. The van der Waals surface area contributed by atoms with E-state index in [0.717, 1.165) is 12.0 Å². The van der Waals surface area contributed by atoms with Crippen LogP contribution in [0.25, 0.3) is 0 Å². The van der Waals surface area contributed by atoms with E-state index < -0.39 is 5.97 Å². The highest BCUT2D eigenvalue weighted by Gasteiger charge is 2.19. The predicted molar refractivity (Wildman–Crippen MR) is 78.6 cm³/mol. The van der Waals surface area contributed by atoms with Crippen LogP contribution in [-0.2, 0) is 9.59 Å². The van der Waals surface area contributed by atoms with E-state index in [1.54, 1.807) is 0 Å². The lowest BCUT2D eigenvalue weighted by Gasteiger charge is -2.19. The molecule has 20 heavy (non-hydrogen) atoms. The number of rotatable bonds is 8. The Balaban J connectivity index is 2.49. The topological polar surface area (TPSA) is 66.4 Å². The van der Waals surface area contributed by atoms with Crippen molar-refractivity contribution < 1.29 is 14.7 Å². The molecule has 0 saturated heterocycles. The lowest BCUT2D eigenvalue weighted by atomic mass is 9.95. The van der Waals surface area contributed by atoms with Gasteiger partial charge in [-0.3, -0.25) is 9.59 Å². The van der Waals surface area contributed by atoms with E-state index >= 15 is 0 Å². The van der Waals surface area contributed by atoms with Crippen LogP contribution in [0.2, 0.25) is 0 Å². The molecule has 0 bridgehead atoms. The Bertz CT molecular complexity index is 431. The Hall–Kier alpha value is -1.84. The van der Waals surface area contributed by atoms with E-state index in [-0.39, 0.29) is 24.3 Å². The van der Waals surface area contributed by atoms with Crippen molar-refractivity contribution in [1.82, 2.24) is 5.32 Å². The van der Waals surface area contributed by atoms with Crippen LogP contribution in [0.1, 0.15) is 51.0 Å². The van der Waals surface area contributed by atoms with E-state index in [4.69, 9.17) is 5.11 Å². The normalized spacial score (nSPS) is 13.5. The van der Waals surface area contributed by atoms with E-state index in [1.165, 1.54) is 0 Å². The number of aliphatic carboxylic acids is 1. The van der Waals surface area contributed by atoms with Crippen LogP contribution in [-0.4, -0.2) is 23.0 Å². The summed E-state index contributed by atoms with van der Waals surface area (Å²) in [5, 5.41) is 11.6.